The van der Waals surface area contributed by atoms with Crippen LogP contribution < -0.4 is 5.32 Å². The molecule has 0 spiro atoms. The van der Waals surface area contributed by atoms with Crippen LogP contribution in [-0.4, -0.2) is 56.4 Å². The molecule has 0 saturated heterocycles. The van der Waals surface area contributed by atoms with Crippen molar-refractivity contribution in [3.8, 4) is 0 Å². The Bertz CT molecular complexity index is 213. The van der Waals surface area contributed by atoms with E-state index >= 15 is 0 Å². The summed E-state index contributed by atoms with van der Waals surface area (Å²) in [6, 6.07) is 0. The highest BCUT2D eigenvalue weighted by Crippen LogP contribution is 2.20. The van der Waals surface area contributed by atoms with Gasteiger partial charge in [0.05, 0.1) is 32.0 Å². The molecule has 1 unspecified atom stereocenters. The van der Waals surface area contributed by atoms with Crippen LogP contribution in [0.25, 0.3) is 0 Å². The molecule has 0 aromatic carbocycles. The van der Waals surface area contributed by atoms with Crippen LogP contribution in [0.15, 0.2) is 0 Å². The Labute approximate surface area is 112 Å². The Kier molecular flexibility index (Phi) is 10.2. The fourth-order valence-corrected chi connectivity index (χ4v) is 1.30. The van der Waals surface area contributed by atoms with E-state index in [1.165, 1.54) is 0 Å². The number of aliphatic hydroxyl groups excluding tert-OH is 1. The average molecular weight is 287 g/mol. The van der Waals surface area contributed by atoms with Gasteiger partial charge in [-0.25, -0.2) is 0 Å². The van der Waals surface area contributed by atoms with Crippen molar-refractivity contribution in [2.75, 3.05) is 32.9 Å². The van der Waals surface area contributed by atoms with Crippen LogP contribution in [-0.2, 0) is 9.47 Å². The van der Waals surface area contributed by atoms with E-state index in [0.717, 1.165) is 0 Å². The number of rotatable bonds is 11. The molecule has 0 fully saturated rings. The van der Waals surface area contributed by atoms with Crippen LogP contribution in [0.4, 0.5) is 13.2 Å². The molecule has 0 rings (SSSR count). The number of alkyl halides is 3. The SMILES string of the molecule is CC(C)OCCOCC(O)CNCCCC(F)(F)F. The lowest BCUT2D eigenvalue weighted by Crippen LogP contribution is -2.31. The molecule has 116 valence electrons. The summed E-state index contributed by atoms with van der Waals surface area (Å²) in [5, 5.41) is 12.2. The van der Waals surface area contributed by atoms with Crippen molar-refractivity contribution in [1.29, 1.82) is 0 Å². The molecule has 4 nitrogen and oxygen atoms in total. The van der Waals surface area contributed by atoms with Gasteiger partial charge in [-0.1, -0.05) is 0 Å². The minimum atomic E-state index is -4.11. The van der Waals surface area contributed by atoms with Crippen molar-refractivity contribution in [3.63, 3.8) is 0 Å². The second-order valence-electron chi connectivity index (χ2n) is 4.57. The zero-order valence-electron chi connectivity index (χ0n) is 11.5. The Morgan fingerprint density at radius 1 is 1.21 bits per heavy atom. The van der Waals surface area contributed by atoms with E-state index in [1.807, 2.05) is 13.8 Å². The Hall–Kier alpha value is -0.370. The lowest BCUT2D eigenvalue weighted by molar-refractivity contribution is -0.135. The summed E-state index contributed by atoms with van der Waals surface area (Å²) in [5.41, 5.74) is 0. The topological polar surface area (TPSA) is 50.7 Å². The van der Waals surface area contributed by atoms with Gasteiger partial charge < -0.3 is 19.9 Å². The van der Waals surface area contributed by atoms with E-state index < -0.39 is 18.7 Å². The van der Waals surface area contributed by atoms with Gasteiger partial charge in [-0.15, -0.1) is 0 Å². The van der Waals surface area contributed by atoms with Gasteiger partial charge in [0.2, 0.25) is 0 Å². The highest BCUT2D eigenvalue weighted by molar-refractivity contribution is 4.60. The number of halogens is 3. The van der Waals surface area contributed by atoms with E-state index in [-0.39, 0.29) is 32.2 Å². The Balaban J connectivity index is 3.28. The summed E-state index contributed by atoms with van der Waals surface area (Å²) in [4.78, 5) is 0. The molecular formula is C12H24F3NO3. The third kappa shape index (κ3) is 15.6. The standard InChI is InChI=1S/C12H24F3NO3/c1-10(2)19-7-6-18-9-11(17)8-16-5-3-4-12(13,14)15/h10-11,16-17H,3-9H2,1-2H3. The number of aliphatic hydroxyl groups is 1. The summed E-state index contributed by atoms with van der Waals surface area (Å²) < 4.78 is 45.9. The highest BCUT2D eigenvalue weighted by atomic mass is 19.4. The van der Waals surface area contributed by atoms with Crippen molar-refractivity contribution in [2.45, 2.75) is 45.1 Å². The Morgan fingerprint density at radius 2 is 1.89 bits per heavy atom. The number of hydrogen-bond acceptors (Lipinski definition) is 4. The maximum Gasteiger partial charge on any atom is 0.389 e. The van der Waals surface area contributed by atoms with Gasteiger partial charge in [-0.05, 0) is 26.8 Å². The third-order valence-electron chi connectivity index (χ3n) is 2.18. The van der Waals surface area contributed by atoms with E-state index in [9.17, 15) is 18.3 Å². The predicted octanol–water partition coefficient (Wildman–Crippen LogP) is 1.72. The van der Waals surface area contributed by atoms with E-state index in [4.69, 9.17) is 9.47 Å². The fourth-order valence-electron chi connectivity index (χ4n) is 1.30. The molecule has 0 aromatic heterocycles. The number of ether oxygens (including phenoxy) is 2. The quantitative estimate of drug-likeness (QED) is 0.568. The molecule has 0 bridgehead atoms. The minimum absolute atomic E-state index is 0.0132. The maximum atomic E-state index is 11.8. The van der Waals surface area contributed by atoms with Crippen molar-refractivity contribution < 1.29 is 27.8 Å². The summed E-state index contributed by atoms with van der Waals surface area (Å²) in [7, 11) is 0. The van der Waals surface area contributed by atoms with Gasteiger partial charge in [0, 0.05) is 13.0 Å². The molecule has 0 radical (unpaired) electrons. The molecule has 0 heterocycles. The zero-order chi connectivity index (χ0) is 14.7. The molecule has 2 N–H and O–H groups in total. The van der Waals surface area contributed by atoms with Gasteiger partial charge in [-0.2, -0.15) is 13.2 Å². The van der Waals surface area contributed by atoms with Gasteiger partial charge in [0.15, 0.2) is 0 Å². The predicted molar refractivity (Wildman–Crippen MR) is 66.1 cm³/mol. The molecule has 0 amide bonds. The molecular weight excluding hydrogens is 263 g/mol. The first-order valence-corrected chi connectivity index (χ1v) is 6.46. The van der Waals surface area contributed by atoms with Crippen molar-refractivity contribution >= 4 is 0 Å². The molecule has 0 aliphatic rings. The largest absolute Gasteiger partial charge is 0.389 e. The summed E-state index contributed by atoms with van der Waals surface area (Å²) in [6.45, 7) is 5.29. The Morgan fingerprint density at radius 3 is 2.47 bits per heavy atom. The van der Waals surface area contributed by atoms with Crippen LogP contribution in [0.3, 0.4) is 0 Å². The van der Waals surface area contributed by atoms with Crippen LogP contribution >= 0.6 is 0 Å². The first kappa shape index (κ1) is 18.6. The molecule has 19 heavy (non-hydrogen) atoms. The fraction of sp³-hybridized carbons (Fsp3) is 1.00. The van der Waals surface area contributed by atoms with Crippen LogP contribution in [0.1, 0.15) is 26.7 Å². The second-order valence-corrected chi connectivity index (χ2v) is 4.57. The van der Waals surface area contributed by atoms with Crippen LogP contribution in [0, 0.1) is 0 Å². The summed E-state index contributed by atoms with van der Waals surface area (Å²) in [6.07, 6.45) is -5.48. The molecule has 0 aliphatic carbocycles. The third-order valence-corrected chi connectivity index (χ3v) is 2.18. The zero-order valence-corrected chi connectivity index (χ0v) is 11.5. The van der Waals surface area contributed by atoms with E-state index in [0.29, 0.717) is 13.2 Å². The molecule has 0 saturated carbocycles. The smallest absolute Gasteiger partial charge is 0.389 e. The van der Waals surface area contributed by atoms with Crippen molar-refractivity contribution in [1.82, 2.24) is 5.32 Å². The monoisotopic (exact) mass is 287 g/mol. The van der Waals surface area contributed by atoms with Gasteiger partial charge in [0.25, 0.3) is 0 Å². The van der Waals surface area contributed by atoms with Crippen LogP contribution in [0.5, 0.6) is 0 Å². The lowest BCUT2D eigenvalue weighted by atomic mass is 10.3. The first-order chi connectivity index (χ1) is 8.81. The molecule has 0 aromatic rings. The molecule has 1 atom stereocenters. The molecule has 0 aliphatic heterocycles. The average Bonchev–Trinajstić information content (AvgIpc) is 2.26. The van der Waals surface area contributed by atoms with E-state index in [2.05, 4.69) is 5.32 Å². The highest BCUT2D eigenvalue weighted by Gasteiger charge is 2.25. The first-order valence-electron chi connectivity index (χ1n) is 6.46. The normalized spacial score (nSPS) is 14.1. The summed E-state index contributed by atoms with van der Waals surface area (Å²) >= 11 is 0. The minimum Gasteiger partial charge on any atom is -0.389 e. The van der Waals surface area contributed by atoms with Gasteiger partial charge in [-0.3, -0.25) is 0 Å². The van der Waals surface area contributed by atoms with Crippen LogP contribution in [0.2, 0.25) is 0 Å². The van der Waals surface area contributed by atoms with Gasteiger partial charge >= 0.3 is 6.18 Å². The van der Waals surface area contributed by atoms with Gasteiger partial charge in [0.1, 0.15) is 0 Å². The van der Waals surface area contributed by atoms with Crippen molar-refractivity contribution in [3.05, 3.63) is 0 Å². The lowest BCUT2D eigenvalue weighted by Gasteiger charge is -2.13. The molecule has 7 heteroatoms. The maximum absolute atomic E-state index is 11.8. The van der Waals surface area contributed by atoms with Crippen molar-refractivity contribution in [2.24, 2.45) is 0 Å². The number of nitrogens with one attached hydrogen (secondary N) is 1. The number of hydrogen-bond donors (Lipinski definition) is 2. The van der Waals surface area contributed by atoms with E-state index in [1.54, 1.807) is 0 Å². The summed E-state index contributed by atoms with van der Waals surface area (Å²) in [5.74, 6) is 0. The second kappa shape index (κ2) is 10.4.